The van der Waals surface area contributed by atoms with Crippen LogP contribution in [0.3, 0.4) is 0 Å². The predicted octanol–water partition coefficient (Wildman–Crippen LogP) is 1.61. The standard InChI is InChI=1S/C12H20N2O2/c1-10(5-3-7-13)12(15)14(2)9-11-6-4-8-16-11/h4,6,8,10H,3,5,7,9,13H2,1-2H3. The van der Waals surface area contributed by atoms with Gasteiger partial charge in [-0.2, -0.15) is 0 Å². The topological polar surface area (TPSA) is 59.5 Å². The number of carbonyl (C=O) groups is 1. The van der Waals surface area contributed by atoms with E-state index in [2.05, 4.69) is 0 Å². The first-order valence-electron chi connectivity index (χ1n) is 5.62. The maximum absolute atomic E-state index is 11.9. The fourth-order valence-corrected chi connectivity index (χ4v) is 1.64. The van der Waals surface area contributed by atoms with Crippen LogP contribution in [0, 0.1) is 5.92 Å². The Bertz CT molecular complexity index is 309. The van der Waals surface area contributed by atoms with Crippen molar-refractivity contribution in [2.75, 3.05) is 13.6 Å². The summed E-state index contributed by atoms with van der Waals surface area (Å²) in [5.41, 5.74) is 5.42. The minimum Gasteiger partial charge on any atom is -0.467 e. The van der Waals surface area contributed by atoms with E-state index in [4.69, 9.17) is 10.2 Å². The van der Waals surface area contributed by atoms with Crippen LogP contribution >= 0.6 is 0 Å². The van der Waals surface area contributed by atoms with Gasteiger partial charge in [0.1, 0.15) is 5.76 Å². The van der Waals surface area contributed by atoms with Crippen LogP contribution in [0.25, 0.3) is 0 Å². The summed E-state index contributed by atoms with van der Waals surface area (Å²) in [5.74, 6) is 0.982. The molecule has 1 aromatic heterocycles. The monoisotopic (exact) mass is 224 g/mol. The lowest BCUT2D eigenvalue weighted by Gasteiger charge is -2.20. The van der Waals surface area contributed by atoms with Gasteiger partial charge in [0, 0.05) is 13.0 Å². The smallest absolute Gasteiger partial charge is 0.225 e. The number of hydrogen-bond acceptors (Lipinski definition) is 3. The molecule has 1 aromatic rings. The van der Waals surface area contributed by atoms with Crippen LogP contribution in [0.5, 0.6) is 0 Å². The Balaban J connectivity index is 2.41. The lowest BCUT2D eigenvalue weighted by molar-refractivity contribution is -0.134. The highest BCUT2D eigenvalue weighted by Crippen LogP contribution is 2.11. The van der Waals surface area contributed by atoms with Gasteiger partial charge in [-0.25, -0.2) is 0 Å². The molecule has 0 saturated heterocycles. The summed E-state index contributed by atoms with van der Waals surface area (Å²) in [5, 5.41) is 0. The van der Waals surface area contributed by atoms with Gasteiger partial charge in [0.05, 0.1) is 12.8 Å². The number of amides is 1. The van der Waals surface area contributed by atoms with Gasteiger partial charge in [0.15, 0.2) is 0 Å². The minimum absolute atomic E-state index is 0.0310. The number of carbonyl (C=O) groups excluding carboxylic acids is 1. The van der Waals surface area contributed by atoms with Crippen LogP contribution in [0.4, 0.5) is 0 Å². The Hall–Kier alpha value is -1.29. The summed E-state index contributed by atoms with van der Waals surface area (Å²) in [7, 11) is 1.80. The lowest BCUT2D eigenvalue weighted by atomic mass is 10.0. The molecule has 1 heterocycles. The molecule has 0 aliphatic rings. The van der Waals surface area contributed by atoms with Crippen molar-refractivity contribution in [3.8, 4) is 0 Å². The molecule has 0 spiro atoms. The highest BCUT2D eigenvalue weighted by molar-refractivity contribution is 5.78. The first-order chi connectivity index (χ1) is 7.65. The van der Waals surface area contributed by atoms with E-state index in [-0.39, 0.29) is 11.8 Å². The second-order valence-electron chi connectivity index (χ2n) is 4.11. The van der Waals surface area contributed by atoms with Crippen molar-refractivity contribution < 1.29 is 9.21 Å². The third kappa shape index (κ3) is 3.70. The zero-order valence-corrected chi connectivity index (χ0v) is 9.98. The van der Waals surface area contributed by atoms with E-state index in [1.807, 2.05) is 19.1 Å². The summed E-state index contributed by atoms with van der Waals surface area (Å²) in [6.45, 7) is 3.11. The van der Waals surface area contributed by atoms with Gasteiger partial charge in [0.2, 0.25) is 5.91 Å². The van der Waals surface area contributed by atoms with Gasteiger partial charge in [-0.1, -0.05) is 6.92 Å². The van der Waals surface area contributed by atoms with E-state index in [9.17, 15) is 4.79 Å². The molecule has 0 fully saturated rings. The Morgan fingerprint density at radius 3 is 2.94 bits per heavy atom. The highest BCUT2D eigenvalue weighted by atomic mass is 16.3. The van der Waals surface area contributed by atoms with Gasteiger partial charge in [-0.15, -0.1) is 0 Å². The van der Waals surface area contributed by atoms with E-state index in [0.29, 0.717) is 13.1 Å². The Kier molecular flexibility index (Phi) is 5.05. The SMILES string of the molecule is CC(CCCN)C(=O)N(C)Cc1ccco1. The third-order valence-corrected chi connectivity index (χ3v) is 2.61. The first kappa shape index (κ1) is 12.8. The summed E-state index contributed by atoms with van der Waals surface area (Å²) in [6, 6.07) is 3.69. The van der Waals surface area contributed by atoms with Crippen LogP contribution in [0.15, 0.2) is 22.8 Å². The fraction of sp³-hybridized carbons (Fsp3) is 0.583. The quantitative estimate of drug-likeness (QED) is 0.798. The molecule has 2 N–H and O–H groups in total. The van der Waals surface area contributed by atoms with Crippen LogP contribution in [0.2, 0.25) is 0 Å². The zero-order valence-electron chi connectivity index (χ0n) is 9.98. The van der Waals surface area contributed by atoms with Gasteiger partial charge in [0.25, 0.3) is 0 Å². The largest absolute Gasteiger partial charge is 0.467 e. The van der Waals surface area contributed by atoms with Gasteiger partial charge < -0.3 is 15.1 Å². The van der Waals surface area contributed by atoms with Crippen LogP contribution in [-0.2, 0) is 11.3 Å². The van der Waals surface area contributed by atoms with Gasteiger partial charge in [-0.3, -0.25) is 4.79 Å². The predicted molar refractivity (Wildman–Crippen MR) is 62.6 cm³/mol. The number of rotatable bonds is 6. The summed E-state index contributed by atoms with van der Waals surface area (Å²) >= 11 is 0. The van der Waals surface area contributed by atoms with Crippen LogP contribution < -0.4 is 5.73 Å². The van der Waals surface area contributed by atoms with Crippen LogP contribution in [0.1, 0.15) is 25.5 Å². The summed E-state index contributed by atoms with van der Waals surface area (Å²) in [6.07, 6.45) is 3.35. The first-order valence-corrected chi connectivity index (χ1v) is 5.62. The number of hydrogen-bond donors (Lipinski definition) is 1. The van der Waals surface area contributed by atoms with Crippen molar-refractivity contribution in [2.24, 2.45) is 11.7 Å². The zero-order chi connectivity index (χ0) is 12.0. The van der Waals surface area contributed by atoms with Gasteiger partial charge in [-0.05, 0) is 31.5 Å². The number of nitrogens with zero attached hydrogens (tertiary/aromatic N) is 1. The molecule has 16 heavy (non-hydrogen) atoms. The van der Waals surface area contributed by atoms with Crippen molar-refractivity contribution in [3.63, 3.8) is 0 Å². The van der Waals surface area contributed by atoms with E-state index in [1.54, 1.807) is 18.2 Å². The normalized spacial score (nSPS) is 12.4. The molecule has 0 aliphatic heterocycles. The molecule has 1 atom stereocenters. The van der Waals surface area contributed by atoms with Crippen molar-refractivity contribution in [2.45, 2.75) is 26.3 Å². The van der Waals surface area contributed by atoms with E-state index >= 15 is 0 Å². The van der Waals surface area contributed by atoms with E-state index in [1.165, 1.54) is 0 Å². The maximum Gasteiger partial charge on any atom is 0.225 e. The second kappa shape index (κ2) is 6.33. The van der Waals surface area contributed by atoms with Crippen LogP contribution in [-0.4, -0.2) is 24.4 Å². The lowest BCUT2D eigenvalue weighted by Crippen LogP contribution is -2.31. The Morgan fingerprint density at radius 2 is 2.38 bits per heavy atom. The molecular weight excluding hydrogens is 204 g/mol. The van der Waals surface area contributed by atoms with Crippen molar-refractivity contribution >= 4 is 5.91 Å². The Morgan fingerprint density at radius 1 is 1.62 bits per heavy atom. The third-order valence-electron chi connectivity index (χ3n) is 2.61. The molecule has 0 aliphatic carbocycles. The number of furan rings is 1. The Labute approximate surface area is 96.4 Å². The molecule has 1 amide bonds. The van der Waals surface area contributed by atoms with E-state index < -0.39 is 0 Å². The average molecular weight is 224 g/mol. The molecular formula is C12H20N2O2. The van der Waals surface area contributed by atoms with Crippen molar-refractivity contribution in [1.29, 1.82) is 0 Å². The second-order valence-corrected chi connectivity index (χ2v) is 4.11. The van der Waals surface area contributed by atoms with Crippen molar-refractivity contribution in [3.05, 3.63) is 24.2 Å². The fourth-order valence-electron chi connectivity index (χ4n) is 1.64. The summed E-state index contributed by atoms with van der Waals surface area (Å²) in [4.78, 5) is 13.6. The molecule has 0 bridgehead atoms. The molecule has 4 heteroatoms. The summed E-state index contributed by atoms with van der Waals surface area (Å²) < 4.78 is 5.20. The molecule has 1 unspecified atom stereocenters. The average Bonchev–Trinajstić information content (AvgIpc) is 2.77. The van der Waals surface area contributed by atoms with Gasteiger partial charge >= 0.3 is 0 Å². The van der Waals surface area contributed by atoms with Crippen molar-refractivity contribution in [1.82, 2.24) is 4.90 Å². The molecule has 90 valence electrons. The molecule has 1 rings (SSSR count). The van der Waals surface area contributed by atoms with E-state index in [0.717, 1.165) is 18.6 Å². The highest BCUT2D eigenvalue weighted by Gasteiger charge is 2.17. The molecule has 4 nitrogen and oxygen atoms in total. The minimum atomic E-state index is 0.0310. The molecule has 0 aromatic carbocycles. The molecule has 0 saturated carbocycles. The molecule has 0 radical (unpaired) electrons. The maximum atomic E-state index is 11.9. The number of nitrogens with two attached hydrogens (primary N) is 1.